The summed E-state index contributed by atoms with van der Waals surface area (Å²) >= 11 is 0. The van der Waals surface area contributed by atoms with Crippen LogP contribution in [-0.2, 0) is 6.42 Å². The van der Waals surface area contributed by atoms with E-state index in [-0.39, 0.29) is 0 Å². The largest absolute Gasteiger partial charge is 0.0653 e. The van der Waals surface area contributed by atoms with Crippen molar-refractivity contribution in [3.8, 4) is 0 Å². The van der Waals surface area contributed by atoms with Gasteiger partial charge in [0.2, 0.25) is 0 Å². The molecule has 1 unspecified atom stereocenters. The summed E-state index contributed by atoms with van der Waals surface area (Å²) in [4.78, 5) is 0. The van der Waals surface area contributed by atoms with Crippen molar-refractivity contribution in [1.82, 2.24) is 0 Å². The van der Waals surface area contributed by atoms with Crippen molar-refractivity contribution < 1.29 is 0 Å². The molecule has 0 bridgehead atoms. The van der Waals surface area contributed by atoms with Crippen molar-refractivity contribution in [2.24, 2.45) is 0 Å². The minimum Gasteiger partial charge on any atom is -0.0653 e. The molecule has 0 amide bonds. The highest BCUT2D eigenvalue weighted by molar-refractivity contribution is 5.92. The van der Waals surface area contributed by atoms with Crippen molar-refractivity contribution in [1.29, 1.82) is 0 Å². The molecular weight excluding hydrogens is 264 g/mol. The zero-order valence-electron chi connectivity index (χ0n) is 14.0. The zero-order chi connectivity index (χ0) is 15.5. The molecule has 0 heteroatoms. The van der Waals surface area contributed by atoms with Gasteiger partial charge in [-0.25, -0.2) is 0 Å². The maximum Gasteiger partial charge on any atom is 0.0104 e. The van der Waals surface area contributed by atoms with E-state index in [0.29, 0.717) is 5.92 Å². The number of hydrogen-bond donors (Lipinski definition) is 0. The number of aryl methyl sites for hydroxylation is 2. The van der Waals surface area contributed by atoms with Gasteiger partial charge in [-0.3, -0.25) is 0 Å². The van der Waals surface area contributed by atoms with Crippen LogP contribution in [0.2, 0.25) is 0 Å². The number of benzene rings is 2. The fraction of sp³-hybridized carbons (Fsp3) is 0.364. The summed E-state index contributed by atoms with van der Waals surface area (Å²) in [6.07, 6.45) is 7.31. The van der Waals surface area contributed by atoms with Crippen LogP contribution in [0.1, 0.15) is 66.8 Å². The first-order valence-corrected chi connectivity index (χ1v) is 8.65. The summed E-state index contributed by atoms with van der Waals surface area (Å²) in [5.41, 5.74) is 8.83. The van der Waals surface area contributed by atoms with Crippen LogP contribution in [-0.4, -0.2) is 0 Å². The molecular formula is C22H26. The Balaban J connectivity index is 2.05. The van der Waals surface area contributed by atoms with Crippen LogP contribution in [0.4, 0.5) is 0 Å². The smallest absolute Gasteiger partial charge is 0.0104 e. The van der Waals surface area contributed by atoms with Crippen LogP contribution in [0.25, 0.3) is 11.6 Å². The molecule has 0 spiro atoms. The van der Waals surface area contributed by atoms with Crippen LogP contribution >= 0.6 is 0 Å². The Labute approximate surface area is 134 Å². The number of fused-ring (bicyclic) bond motifs is 1. The highest BCUT2D eigenvalue weighted by atomic mass is 14.3. The lowest BCUT2D eigenvalue weighted by atomic mass is 9.84. The minimum atomic E-state index is 0.574. The number of rotatable bonds is 5. The van der Waals surface area contributed by atoms with E-state index in [1.807, 2.05) is 0 Å². The van der Waals surface area contributed by atoms with Crippen molar-refractivity contribution >= 4 is 11.6 Å². The van der Waals surface area contributed by atoms with E-state index in [4.69, 9.17) is 0 Å². The lowest BCUT2D eigenvalue weighted by molar-refractivity contribution is 0.726. The van der Waals surface area contributed by atoms with E-state index in [9.17, 15) is 0 Å². The minimum absolute atomic E-state index is 0.574. The molecule has 0 radical (unpaired) electrons. The molecule has 22 heavy (non-hydrogen) atoms. The molecule has 2 aromatic rings. The van der Waals surface area contributed by atoms with Crippen LogP contribution in [0.5, 0.6) is 0 Å². The van der Waals surface area contributed by atoms with Gasteiger partial charge in [0.25, 0.3) is 0 Å². The number of hydrogen-bond acceptors (Lipinski definition) is 0. The highest BCUT2D eigenvalue weighted by Gasteiger charge is 2.27. The molecule has 0 nitrogen and oxygen atoms in total. The van der Waals surface area contributed by atoms with Gasteiger partial charge in [0.15, 0.2) is 0 Å². The average molecular weight is 290 g/mol. The molecule has 0 aliphatic heterocycles. The normalized spacial score (nSPS) is 16.5. The number of allylic oxidation sites excluding steroid dienone is 1. The van der Waals surface area contributed by atoms with Gasteiger partial charge < -0.3 is 0 Å². The predicted molar refractivity (Wildman–Crippen MR) is 97.1 cm³/mol. The van der Waals surface area contributed by atoms with Crippen LogP contribution in [0.15, 0.2) is 42.5 Å². The molecule has 3 rings (SSSR count). The molecule has 1 aliphatic rings. The monoisotopic (exact) mass is 290 g/mol. The molecule has 1 atom stereocenters. The van der Waals surface area contributed by atoms with Crippen molar-refractivity contribution in [3.63, 3.8) is 0 Å². The van der Waals surface area contributed by atoms with Gasteiger partial charge in [0, 0.05) is 5.92 Å². The lowest BCUT2D eigenvalue weighted by Gasteiger charge is -2.19. The van der Waals surface area contributed by atoms with E-state index in [1.54, 1.807) is 11.1 Å². The lowest BCUT2D eigenvalue weighted by Crippen LogP contribution is -2.03. The molecule has 0 N–H and O–H groups in total. The molecule has 0 saturated heterocycles. The van der Waals surface area contributed by atoms with Crippen molar-refractivity contribution in [2.45, 2.75) is 52.4 Å². The van der Waals surface area contributed by atoms with E-state index in [2.05, 4.69) is 69.3 Å². The quantitative estimate of drug-likeness (QED) is 0.599. The Morgan fingerprint density at radius 2 is 1.68 bits per heavy atom. The Morgan fingerprint density at radius 3 is 2.36 bits per heavy atom. The Morgan fingerprint density at radius 1 is 0.909 bits per heavy atom. The van der Waals surface area contributed by atoms with Crippen LogP contribution < -0.4 is 0 Å². The van der Waals surface area contributed by atoms with Gasteiger partial charge >= 0.3 is 0 Å². The second-order valence-electron chi connectivity index (χ2n) is 6.48. The molecule has 2 aromatic carbocycles. The van der Waals surface area contributed by atoms with E-state index < -0.39 is 0 Å². The highest BCUT2D eigenvalue weighted by Crippen LogP contribution is 2.46. The topological polar surface area (TPSA) is 0 Å². The van der Waals surface area contributed by atoms with Gasteiger partial charge in [0.1, 0.15) is 0 Å². The van der Waals surface area contributed by atoms with E-state index in [0.717, 1.165) is 0 Å². The van der Waals surface area contributed by atoms with Crippen molar-refractivity contribution in [3.05, 3.63) is 70.3 Å². The van der Waals surface area contributed by atoms with Crippen LogP contribution in [0.3, 0.4) is 0 Å². The summed E-state index contributed by atoms with van der Waals surface area (Å²) in [5.74, 6) is 0.574. The second kappa shape index (κ2) is 6.52. The first-order valence-electron chi connectivity index (χ1n) is 8.65. The van der Waals surface area contributed by atoms with Gasteiger partial charge in [0.05, 0.1) is 0 Å². The Hall–Kier alpha value is -1.82. The Kier molecular flexibility index (Phi) is 4.47. The maximum atomic E-state index is 2.43. The molecule has 0 heterocycles. The van der Waals surface area contributed by atoms with Crippen LogP contribution in [0, 0.1) is 6.92 Å². The Bertz CT molecular complexity index is 674. The molecule has 0 fully saturated rings. The fourth-order valence-corrected chi connectivity index (χ4v) is 3.71. The summed E-state index contributed by atoms with van der Waals surface area (Å²) in [6.45, 7) is 6.73. The first-order chi connectivity index (χ1) is 10.7. The third-order valence-corrected chi connectivity index (χ3v) is 4.75. The zero-order valence-corrected chi connectivity index (χ0v) is 14.0. The second-order valence-corrected chi connectivity index (χ2v) is 6.48. The molecule has 0 saturated carbocycles. The predicted octanol–water partition coefficient (Wildman–Crippen LogP) is 6.39. The molecule has 114 valence electrons. The van der Waals surface area contributed by atoms with Gasteiger partial charge in [-0.05, 0) is 47.6 Å². The third-order valence-electron chi connectivity index (χ3n) is 4.75. The van der Waals surface area contributed by atoms with E-state index in [1.165, 1.54) is 47.9 Å². The summed E-state index contributed by atoms with van der Waals surface area (Å²) in [7, 11) is 0. The van der Waals surface area contributed by atoms with E-state index >= 15 is 0 Å². The van der Waals surface area contributed by atoms with Gasteiger partial charge in [-0.1, -0.05) is 80.8 Å². The van der Waals surface area contributed by atoms with Gasteiger partial charge in [-0.15, -0.1) is 0 Å². The third kappa shape index (κ3) is 2.75. The SMILES string of the molecule is CCCc1cccc2c1C(CCC)C(c1ccc(C)cc1)=C2. The molecule has 0 aromatic heterocycles. The summed E-state index contributed by atoms with van der Waals surface area (Å²) in [6, 6.07) is 15.9. The van der Waals surface area contributed by atoms with Crippen molar-refractivity contribution in [2.75, 3.05) is 0 Å². The maximum absolute atomic E-state index is 2.43. The fourth-order valence-electron chi connectivity index (χ4n) is 3.71. The first kappa shape index (κ1) is 15.1. The standard InChI is InChI=1S/C22H26/c1-4-7-18-9-6-10-19-15-21(20(8-5-2)22(18)19)17-13-11-16(3)12-14-17/h6,9-15,20H,4-5,7-8H2,1-3H3. The summed E-state index contributed by atoms with van der Waals surface area (Å²) in [5, 5.41) is 0. The molecule has 1 aliphatic carbocycles. The van der Waals surface area contributed by atoms with Gasteiger partial charge in [-0.2, -0.15) is 0 Å². The summed E-state index contributed by atoms with van der Waals surface area (Å²) < 4.78 is 0. The average Bonchev–Trinajstić information content (AvgIpc) is 2.89.